The monoisotopic (exact) mass is 424 g/mol. The highest BCUT2D eigenvalue weighted by Gasteiger charge is 2.25. The van der Waals surface area contributed by atoms with Crippen molar-refractivity contribution in [3.05, 3.63) is 52.6 Å². The van der Waals surface area contributed by atoms with Gasteiger partial charge < -0.3 is 10.1 Å². The molecule has 1 N–H and O–H groups in total. The van der Waals surface area contributed by atoms with E-state index in [2.05, 4.69) is 25.6 Å². The lowest BCUT2D eigenvalue weighted by Gasteiger charge is -2.30. The zero-order valence-electron chi connectivity index (χ0n) is 17.3. The summed E-state index contributed by atoms with van der Waals surface area (Å²) in [5, 5.41) is 7.39. The van der Waals surface area contributed by atoms with Gasteiger partial charge in [0.05, 0.1) is 17.3 Å². The normalized spacial score (nSPS) is 15.4. The molecule has 1 aliphatic rings. The fraction of sp³-hybridized carbons (Fsp3) is 0.435. The first-order valence-corrected chi connectivity index (χ1v) is 11.4. The first-order chi connectivity index (χ1) is 14.7. The molecule has 1 aliphatic heterocycles. The number of pyridine rings is 1. The van der Waals surface area contributed by atoms with E-state index < -0.39 is 0 Å². The summed E-state index contributed by atoms with van der Waals surface area (Å²) in [5.41, 5.74) is 2.02. The van der Waals surface area contributed by atoms with Gasteiger partial charge in [0.1, 0.15) is 11.3 Å². The molecule has 0 aliphatic carbocycles. The van der Waals surface area contributed by atoms with E-state index in [0.717, 1.165) is 66.3 Å². The zero-order chi connectivity index (χ0) is 20.8. The number of ether oxygens (including phenoxy) is 1. The van der Waals surface area contributed by atoms with Crippen LogP contribution in [0.2, 0.25) is 0 Å². The Labute approximate surface area is 181 Å². The maximum Gasteiger partial charge on any atom is 0.223 e. The van der Waals surface area contributed by atoms with Gasteiger partial charge in [-0.15, -0.1) is 11.3 Å². The van der Waals surface area contributed by atoms with E-state index in [9.17, 15) is 4.79 Å². The Morgan fingerprint density at radius 3 is 2.90 bits per heavy atom. The molecule has 0 bridgehead atoms. The van der Waals surface area contributed by atoms with E-state index in [-0.39, 0.29) is 11.8 Å². The number of benzene rings is 1. The van der Waals surface area contributed by atoms with Crippen molar-refractivity contribution >= 4 is 28.1 Å². The Bertz CT molecular complexity index is 977. The van der Waals surface area contributed by atoms with Gasteiger partial charge >= 0.3 is 0 Å². The third-order valence-corrected chi connectivity index (χ3v) is 6.31. The highest BCUT2D eigenvalue weighted by atomic mass is 32.1. The number of aryl methyl sites for hydroxylation is 1. The Morgan fingerprint density at radius 2 is 2.10 bits per heavy atom. The van der Waals surface area contributed by atoms with Crippen LogP contribution in [0, 0.1) is 12.8 Å². The molecule has 2 aromatic heterocycles. The summed E-state index contributed by atoms with van der Waals surface area (Å²) in [6.07, 6.45) is 4.37. The molecule has 1 aromatic carbocycles. The van der Waals surface area contributed by atoms with Crippen LogP contribution in [-0.4, -0.2) is 47.0 Å². The molecular formula is C23H28N4O2S. The summed E-state index contributed by atoms with van der Waals surface area (Å²) in [6.45, 7) is 6.02. The quantitative estimate of drug-likeness (QED) is 0.557. The molecule has 7 heteroatoms. The number of carbonyl (C=O) groups is 1. The molecule has 0 atom stereocenters. The SMILES string of the molecule is Cc1nc(CN2CCC(C(=O)NCCCOc3cccc4cccnc34)CC2)cs1. The van der Waals surface area contributed by atoms with Gasteiger partial charge in [-0.2, -0.15) is 0 Å². The van der Waals surface area contributed by atoms with Crippen molar-refractivity contribution in [3.63, 3.8) is 0 Å². The number of aromatic nitrogens is 2. The van der Waals surface area contributed by atoms with E-state index >= 15 is 0 Å². The standard InChI is InChI=1S/C23H28N4O2S/c1-17-26-20(16-30-17)15-27-12-8-19(9-13-27)23(28)25-11-4-14-29-21-7-2-5-18-6-3-10-24-22(18)21/h2-3,5-7,10,16,19H,4,8-9,11-15H2,1H3,(H,25,28). The molecule has 1 saturated heterocycles. The molecule has 0 saturated carbocycles. The molecule has 1 fully saturated rings. The summed E-state index contributed by atoms with van der Waals surface area (Å²) in [6, 6.07) is 9.89. The molecule has 0 unspecified atom stereocenters. The summed E-state index contributed by atoms with van der Waals surface area (Å²) >= 11 is 1.69. The second-order valence-corrected chi connectivity index (χ2v) is 8.79. The third kappa shape index (κ3) is 5.34. The number of nitrogens with one attached hydrogen (secondary N) is 1. The van der Waals surface area contributed by atoms with Gasteiger partial charge in [0.15, 0.2) is 0 Å². The molecule has 3 heterocycles. The third-order valence-electron chi connectivity index (χ3n) is 5.48. The predicted molar refractivity (Wildman–Crippen MR) is 120 cm³/mol. The van der Waals surface area contributed by atoms with Crippen molar-refractivity contribution in [3.8, 4) is 5.75 Å². The highest BCUT2D eigenvalue weighted by Crippen LogP contribution is 2.23. The second-order valence-electron chi connectivity index (χ2n) is 7.73. The minimum atomic E-state index is 0.113. The summed E-state index contributed by atoms with van der Waals surface area (Å²) in [7, 11) is 0. The van der Waals surface area contributed by atoms with Crippen LogP contribution in [-0.2, 0) is 11.3 Å². The number of carbonyl (C=O) groups excluding carboxylic acids is 1. The molecule has 3 aromatic rings. The highest BCUT2D eigenvalue weighted by molar-refractivity contribution is 7.09. The van der Waals surface area contributed by atoms with Crippen molar-refractivity contribution in [2.75, 3.05) is 26.2 Å². The second kappa shape index (κ2) is 10.00. The van der Waals surface area contributed by atoms with Crippen molar-refractivity contribution in [1.82, 2.24) is 20.2 Å². The number of amides is 1. The lowest BCUT2D eigenvalue weighted by molar-refractivity contribution is -0.126. The van der Waals surface area contributed by atoms with Crippen LogP contribution in [0.5, 0.6) is 5.75 Å². The smallest absolute Gasteiger partial charge is 0.223 e. The van der Waals surface area contributed by atoms with E-state index in [0.29, 0.717) is 13.2 Å². The molecule has 6 nitrogen and oxygen atoms in total. The number of likely N-dealkylation sites (tertiary alicyclic amines) is 1. The van der Waals surface area contributed by atoms with Crippen LogP contribution in [0.3, 0.4) is 0 Å². The van der Waals surface area contributed by atoms with Gasteiger partial charge in [0.2, 0.25) is 5.91 Å². The Kier molecular flexibility index (Phi) is 6.92. The summed E-state index contributed by atoms with van der Waals surface area (Å²) in [5.74, 6) is 1.08. The maximum absolute atomic E-state index is 12.5. The first-order valence-electron chi connectivity index (χ1n) is 10.6. The molecular weight excluding hydrogens is 396 g/mol. The number of nitrogens with zero attached hydrogens (tertiary/aromatic N) is 3. The van der Waals surface area contributed by atoms with Crippen LogP contribution in [0.4, 0.5) is 0 Å². The van der Waals surface area contributed by atoms with Crippen molar-refractivity contribution < 1.29 is 9.53 Å². The number of para-hydroxylation sites is 1. The number of piperidine rings is 1. The summed E-state index contributed by atoms with van der Waals surface area (Å²) < 4.78 is 5.89. The van der Waals surface area contributed by atoms with Gasteiger partial charge in [-0.3, -0.25) is 14.7 Å². The number of hydrogen-bond donors (Lipinski definition) is 1. The van der Waals surface area contributed by atoms with Crippen LogP contribution in [0.1, 0.15) is 30.0 Å². The van der Waals surface area contributed by atoms with Gasteiger partial charge in [-0.1, -0.05) is 18.2 Å². The van der Waals surface area contributed by atoms with E-state index in [1.54, 1.807) is 17.5 Å². The molecule has 0 spiro atoms. The minimum absolute atomic E-state index is 0.113. The Balaban J connectivity index is 1.14. The van der Waals surface area contributed by atoms with Gasteiger partial charge in [-0.25, -0.2) is 4.98 Å². The van der Waals surface area contributed by atoms with Gasteiger partial charge in [0.25, 0.3) is 0 Å². The van der Waals surface area contributed by atoms with Gasteiger partial charge in [0, 0.05) is 36.0 Å². The van der Waals surface area contributed by atoms with E-state index in [4.69, 9.17) is 4.74 Å². The van der Waals surface area contributed by atoms with Crippen molar-refractivity contribution in [2.45, 2.75) is 32.7 Å². The fourth-order valence-electron chi connectivity index (χ4n) is 3.87. The Hall–Kier alpha value is -2.51. The van der Waals surface area contributed by atoms with E-state index in [1.807, 2.05) is 37.3 Å². The average molecular weight is 425 g/mol. The topological polar surface area (TPSA) is 67.4 Å². The van der Waals surface area contributed by atoms with Crippen LogP contribution < -0.4 is 10.1 Å². The first kappa shape index (κ1) is 20.8. The molecule has 1 amide bonds. The van der Waals surface area contributed by atoms with Gasteiger partial charge in [-0.05, 0) is 51.4 Å². The van der Waals surface area contributed by atoms with Crippen LogP contribution in [0.25, 0.3) is 10.9 Å². The van der Waals surface area contributed by atoms with E-state index in [1.165, 1.54) is 0 Å². The molecule has 30 heavy (non-hydrogen) atoms. The number of hydrogen-bond acceptors (Lipinski definition) is 6. The lowest BCUT2D eigenvalue weighted by atomic mass is 9.96. The molecule has 158 valence electrons. The zero-order valence-corrected chi connectivity index (χ0v) is 18.2. The number of rotatable bonds is 8. The average Bonchev–Trinajstić information content (AvgIpc) is 3.18. The van der Waals surface area contributed by atoms with Crippen LogP contribution in [0.15, 0.2) is 41.9 Å². The molecule has 0 radical (unpaired) electrons. The fourth-order valence-corrected chi connectivity index (χ4v) is 4.47. The van der Waals surface area contributed by atoms with Crippen LogP contribution >= 0.6 is 11.3 Å². The number of thiazole rings is 1. The van der Waals surface area contributed by atoms with Crippen molar-refractivity contribution in [2.24, 2.45) is 5.92 Å². The molecule has 4 rings (SSSR count). The maximum atomic E-state index is 12.5. The van der Waals surface area contributed by atoms with Crippen molar-refractivity contribution in [1.29, 1.82) is 0 Å². The largest absolute Gasteiger partial charge is 0.491 e. The minimum Gasteiger partial charge on any atom is -0.491 e. The predicted octanol–water partition coefficient (Wildman–Crippen LogP) is 3.80. The number of fused-ring (bicyclic) bond motifs is 1. The lowest BCUT2D eigenvalue weighted by Crippen LogP contribution is -2.40. The Morgan fingerprint density at radius 1 is 1.27 bits per heavy atom. The summed E-state index contributed by atoms with van der Waals surface area (Å²) in [4.78, 5) is 23.8.